The van der Waals surface area contributed by atoms with E-state index < -0.39 is 0 Å². The monoisotopic (exact) mass is 190 g/mol. The topological polar surface area (TPSA) is 56.5 Å². The Morgan fingerprint density at radius 3 is 2.08 bits per heavy atom. The zero-order chi connectivity index (χ0) is 10.3. The molecule has 0 heterocycles. The van der Waals surface area contributed by atoms with E-state index in [2.05, 4.69) is 19.3 Å². The van der Waals surface area contributed by atoms with Crippen LogP contribution in [0.1, 0.15) is 26.7 Å². The highest BCUT2D eigenvalue weighted by atomic mass is 16.5. The van der Waals surface area contributed by atoms with Gasteiger partial charge in [-0.3, -0.25) is 11.3 Å². The van der Waals surface area contributed by atoms with Crippen molar-refractivity contribution >= 4 is 0 Å². The van der Waals surface area contributed by atoms with Gasteiger partial charge in [0.1, 0.15) is 0 Å². The van der Waals surface area contributed by atoms with E-state index in [4.69, 9.17) is 15.3 Å². The molecule has 0 bridgehead atoms. The summed E-state index contributed by atoms with van der Waals surface area (Å²) in [6.07, 6.45) is 1.83. The highest BCUT2D eigenvalue weighted by molar-refractivity contribution is 4.90. The second-order valence-corrected chi connectivity index (χ2v) is 3.15. The molecule has 0 aromatic rings. The van der Waals surface area contributed by atoms with Crippen LogP contribution in [0.3, 0.4) is 0 Å². The Balaban J connectivity index is 4.45. The van der Waals surface area contributed by atoms with Gasteiger partial charge in [0.15, 0.2) is 0 Å². The average Bonchev–Trinajstić information content (AvgIpc) is 2.19. The minimum absolute atomic E-state index is 0.0394. The predicted molar refractivity (Wildman–Crippen MR) is 53.3 cm³/mol. The summed E-state index contributed by atoms with van der Waals surface area (Å²) in [5.41, 5.74) is 2.53. The van der Waals surface area contributed by atoms with Crippen molar-refractivity contribution in [2.75, 3.05) is 20.8 Å². The number of nitrogens with two attached hydrogens (primary N) is 1. The van der Waals surface area contributed by atoms with Crippen LogP contribution in [0.25, 0.3) is 0 Å². The van der Waals surface area contributed by atoms with Crippen LogP contribution in [-0.4, -0.2) is 32.5 Å². The van der Waals surface area contributed by atoms with Gasteiger partial charge in [0, 0.05) is 14.2 Å². The van der Waals surface area contributed by atoms with Crippen LogP contribution >= 0.6 is 0 Å². The smallest absolute Gasteiger partial charge is 0.0861 e. The number of hydrogen-bond donors (Lipinski definition) is 2. The molecule has 3 N–H and O–H groups in total. The summed E-state index contributed by atoms with van der Waals surface area (Å²) in [6, 6.07) is 0.0394. The Kier molecular flexibility index (Phi) is 6.24. The van der Waals surface area contributed by atoms with Crippen molar-refractivity contribution in [2.24, 2.45) is 5.84 Å². The first kappa shape index (κ1) is 12.8. The third kappa shape index (κ3) is 2.91. The summed E-state index contributed by atoms with van der Waals surface area (Å²) in [7, 11) is 3.38. The molecule has 1 unspecified atom stereocenters. The largest absolute Gasteiger partial charge is 0.383 e. The quantitative estimate of drug-likeness (QED) is 0.457. The van der Waals surface area contributed by atoms with E-state index in [1.54, 1.807) is 14.2 Å². The van der Waals surface area contributed by atoms with E-state index in [1.165, 1.54) is 0 Å². The molecular weight excluding hydrogens is 168 g/mol. The SMILES string of the molecule is CCC(CC)(OC)C(COC)NN. The first-order valence-corrected chi connectivity index (χ1v) is 4.70. The Morgan fingerprint density at radius 2 is 1.85 bits per heavy atom. The molecular formula is C9H22N2O2. The molecule has 1 atom stereocenters. The molecule has 0 radical (unpaired) electrons. The molecule has 0 amide bonds. The lowest BCUT2D eigenvalue weighted by Crippen LogP contribution is -2.56. The summed E-state index contributed by atoms with van der Waals surface area (Å²) < 4.78 is 10.6. The zero-order valence-electron chi connectivity index (χ0n) is 9.09. The third-order valence-electron chi connectivity index (χ3n) is 2.77. The lowest BCUT2D eigenvalue weighted by atomic mass is 9.89. The maximum absolute atomic E-state index is 5.52. The summed E-state index contributed by atoms with van der Waals surface area (Å²) in [5, 5.41) is 0. The molecule has 0 saturated carbocycles. The maximum atomic E-state index is 5.52. The van der Waals surface area contributed by atoms with Gasteiger partial charge in [0.2, 0.25) is 0 Å². The Morgan fingerprint density at radius 1 is 1.31 bits per heavy atom. The van der Waals surface area contributed by atoms with Crippen LogP contribution in [-0.2, 0) is 9.47 Å². The summed E-state index contributed by atoms with van der Waals surface area (Å²) in [4.78, 5) is 0. The maximum Gasteiger partial charge on any atom is 0.0861 e. The second-order valence-electron chi connectivity index (χ2n) is 3.15. The van der Waals surface area contributed by atoms with Gasteiger partial charge in [-0.25, -0.2) is 0 Å². The predicted octanol–water partition coefficient (Wildman–Crippen LogP) is 0.670. The van der Waals surface area contributed by atoms with Crippen molar-refractivity contribution in [1.29, 1.82) is 0 Å². The number of ether oxygens (including phenoxy) is 2. The summed E-state index contributed by atoms with van der Waals surface area (Å²) in [5.74, 6) is 5.46. The molecule has 0 rings (SSSR count). The number of nitrogens with one attached hydrogen (secondary N) is 1. The molecule has 13 heavy (non-hydrogen) atoms. The molecule has 4 heteroatoms. The minimum atomic E-state index is -0.218. The van der Waals surface area contributed by atoms with Gasteiger partial charge in [-0.15, -0.1) is 0 Å². The van der Waals surface area contributed by atoms with E-state index in [9.17, 15) is 0 Å². The van der Waals surface area contributed by atoms with E-state index in [0.717, 1.165) is 12.8 Å². The van der Waals surface area contributed by atoms with Crippen molar-refractivity contribution < 1.29 is 9.47 Å². The van der Waals surface area contributed by atoms with Gasteiger partial charge in [-0.1, -0.05) is 13.8 Å². The van der Waals surface area contributed by atoms with E-state index in [0.29, 0.717) is 6.61 Å². The van der Waals surface area contributed by atoms with Gasteiger partial charge in [-0.2, -0.15) is 0 Å². The molecule has 0 fully saturated rings. The molecule has 0 aliphatic heterocycles. The van der Waals surface area contributed by atoms with Crippen molar-refractivity contribution in [1.82, 2.24) is 5.43 Å². The van der Waals surface area contributed by atoms with Gasteiger partial charge >= 0.3 is 0 Å². The van der Waals surface area contributed by atoms with Crippen LogP contribution in [0.2, 0.25) is 0 Å². The Bertz CT molecular complexity index is 119. The number of methoxy groups -OCH3 is 2. The molecule has 0 aromatic heterocycles. The Labute approximate surface area is 80.7 Å². The number of rotatable bonds is 7. The van der Waals surface area contributed by atoms with Gasteiger partial charge in [-0.05, 0) is 12.8 Å². The zero-order valence-corrected chi connectivity index (χ0v) is 9.09. The van der Waals surface area contributed by atoms with Crippen molar-refractivity contribution in [3.05, 3.63) is 0 Å². The fraction of sp³-hybridized carbons (Fsp3) is 1.00. The molecule has 4 nitrogen and oxygen atoms in total. The molecule has 0 aromatic carbocycles. The normalized spacial score (nSPS) is 14.5. The average molecular weight is 190 g/mol. The fourth-order valence-corrected chi connectivity index (χ4v) is 1.69. The van der Waals surface area contributed by atoms with Gasteiger partial charge in [0.25, 0.3) is 0 Å². The summed E-state index contributed by atoms with van der Waals surface area (Å²) >= 11 is 0. The van der Waals surface area contributed by atoms with Crippen molar-refractivity contribution in [2.45, 2.75) is 38.3 Å². The van der Waals surface area contributed by atoms with Crippen LogP contribution < -0.4 is 11.3 Å². The number of hydrogen-bond acceptors (Lipinski definition) is 4. The van der Waals surface area contributed by atoms with E-state index in [1.807, 2.05) is 0 Å². The lowest BCUT2D eigenvalue weighted by molar-refractivity contribution is -0.0647. The highest BCUT2D eigenvalue weighted by Crippen LogP contribution is 2.23. The Hall–Kier alpha value is -0.160. The standard InChI is InChI=1S/C9H22N2O2/c1-5-9(6-2,13-4)8(11-10)7-12-3/h8,11H,5-7,10H2,1-4H3. The van der Waals surface area contributed by atoms with E-state index in [-0.39, 0.29) is 11.6 Å². The van der Waals surface area contributed by atoms with Crippen molar-refractivity contribution in [3.8, 4) is 0 Å². The number of hydrazine groups is 1. The molecule has 0 spiro atoms. The van der Waals surface area contributed by atoms with Crippen LogP contribution in [0.15, 0.2) is 0 Å². The van der Waals surface area contributed by atoms with Gasteiger partial charge < -0.3 is 9.47 Å². The van der Waals surface area contributed by atoms with E-state index >= 15 is 0 Å². The molecule has 80 valence electrons. The van der Waals surface area contributed by atoms with Gasteiger partial charge in [0.05, 0.1) is 18.2 Å². The highest BCUT2D eigenvalue weighted by Gasteiger charge is 2.35. The fourth-order valence-electron chi connectivity index (χ4n) is 1.69. The minimum Gasteiger partial charge on any atom is -0.383 e. The van der Waals surface area contributed by atoms with Crippen LogP contribution in [0, 0.1) is 0 Å². The second kappa shape index (κ2) is 6.32. The molecule has 0 saturated heterocycles. The lowest BCUT2D eigenvalue weighted by Gasteiger charge is -2.37. The first-order chi connectivity index (χ1) is 6.20. The van der Waals surface area contributed by atoms with Crippen LogP contribution in [0.5, 0.6) is 0 Å². The van der Waals surface area contributed by atoms with Crippen molar-refractivity contribution in [3.63, 3.8) is 0 Å². The van der Waals surface area contributed by atoms with Crippen LogP contribution in [0.4, 0.5) is 0 Å². The molecule has 0 aliphatic carbocycles. The first-order valence-electron chi connectivity index (χ1n) is 4.70. The molecule has 0 aliphatic rings. The summed E-state index contributed by atoms with van der Waals surface area (Å²) in [6.45, 7) is 4.74. The third-order valence-corrected chi connectivity index (χ3v) is 2.77.